The van der Waals surface area contributed by atoms with Crippen LogP contribution in [0.5, 0.6) is 0 Å². The molecule has 1 aromatic heterocycles. The molecule has 2 aromatic carbocycles. The zero-order valence-electron chi connectivity index (χ0n) is 14.8. The van der Waals surface area contributed by atoms with Crippen LogP contribution in [0, 0.1) is 0 Å². The first kappa shape index (κ1) is 19.9. The van der Waals surface area contributed by atoms with Crippen LogP contribution in [0.25, 0.3) is 22.0 Å². The Kier molecular flexibility index (Phi) is 5.71. The number of hydrogen-bond donors (Lipinski definition) is 4. The molecule has 0 radical (unpaired) electrons. The number of aliphatic hydroxyl groups excluding tert-OH is 2. The van der Waals surface area contributed by atoms with Crippen LogP contribution in [0.1, 0.15) is 12.0 Å². The van der Waals surface area contributed by atoms with Crippen molar-refractivity contribution in [3.63, 3.8) is 0 Å². The molecule has 4 N–H and O–H groups in total. The lowest BCUT2D eigenvalue weighted by Gasteiger charge is -2.14. The molecule has 0 aliphatic heterocycles. The predicted molar refractivity (Wildman–Crippen MR) is 101 cm³/mol. The van der Waals surface area contributed by atoms with Gasteiger partial charge in [-0.25, -0.2) is 0 Å². The van der Waals surface area contributed by atoms with Crippen LogP contribution in [-0.4, -0.2) is 34.5 Å². The summed E-state index contributed by atoms with van der Waals surface area (Å²) in [5, 5.41) is 22.2. The second-order valence-electron chi connectivity index (χ2n) is 6.40. The first-order valence-corrected chi connectivity index (χ1v) is 8.66. The van der Waals surface area contributed by atoms with Gasteiger partial charge in [0.05, 0.1) is 11.7 Å². The van der Waals surface area contributed by atoms with Gasteiger partial charge in [0.15, 0.2) is 0 Å². The smallest absolute Gasteiger partial charge is 0.396 e. The minimum atomic E-state index is -4.54. The second-order valence-corrected chi connectivity index (χ2v) is 6.40. The SMILES string of the molecule is O=c1[nH]c(-c2ccccc2C(F)(F)F)cc2ccc(NC[C@@H](O)CCO)cc12. The van der Waals surface area contributed by atoms with Gasteiger partial charge in [-0.1, -0.05) is 24.3 Å². The van der Waals surface area contributed by atoms with Crippen molar-refractivity contribution in [3.8, 4) is 11.3 Å². The van der Waals surface area contributed by atoms with E-state index in [1.165, 1.54) is 24.3 Å². The molecule has 0 spiro atoms. The average molecular weight is 392 g/mol. The van der Waals surface area contributed by atoms with Crippen molar-refractivity contribution in [2.75, 3.05) is 18.5 Å². The Labute approximate surface area is 158 Å². The standard InChI is InChI=1S/C20H19F3N2O3/c21-20(22,23)17-4-2-1-3-15(17)18-9-12-5-6-13(10-16(12)19(28)25-18)24-11-14(27)7-8-26/h1-6,9-10,14,24,26-27H,7-8,11H2,(H,25,28)/t14-/m0/s1. The Balaban J connectivity index is 1.97. The summed E-state index contributed by atoms with van der Waals surface area (Å²) in [6.07, 6.45) is -5.05. The fourth-order valence-corrected chi connectivity index (χ4v) is 2.97. The van der Waals surface area contributed by atoms with E-state index in [0.29, 0.717) is 16.5 Å². The first-order valence-electron chi connectivity index (χ1n) is 8.66. The van der Waals surface area contributed by atoms with Gasteiger partial charge in [0, 0.05) is 35.5 Å². The van der Waals surface area contributed by atoms with Gasteiger partial charge in [0.25, 0.3) is 5.56 Å². The molecule has 0 fully saturated rings. The van der Waals surface area contributed by atoms with Crippen LogP contribution in [0.4, 0.5) is 18.9 Å². The Morgan fingerprint density at radius 3 is 2.57 bits per heavy atom. The molecule has 5 nitrogen and oxygen atoms in total. The monoisotopic (exact) mass is 392 g/mol. The van der Waals surface area contributed by atoms with Crippen LogP contribution in [0.3, 0.4) is 0 Å². The fraction of sp³-hybridized carbons (Fsp3) is 0.250. The summed E-state index contributed by atoms with van der Waals surface area (Å²) >= 11 is 0. The number of aromatic nitrogens is 1. The summed E-state index contributed by atoms with van der Waals surface area (Å²) < 4.78 is 39.8. The van der Waals surface area contributed by atoms with Crippen molar-refractivity contribution in [2.24, 2.45) is 0 Å². The molecule has 0 saturated carbocycles. The Bertz CT molecular complexity index is 1030. The van der Waals surface area contributed by atoms with Gasteiger partial charge in [-0.2, -0.15) is 13.2 Å². The maximum Gasteiger partial charge on any atom is 0.417 e. The van der Waals surface area contributed by atoms with Crippen molar-refractivity contribution in [1.82, 2.24) is 4.98 Å². The second kappa shape index (κ2) is 8.04. The predicted octanol–water partition coefficient (Wildman–Crippen LogP) is 3.37. The van der Waals surface area contributed by atoms with Gasteiger partial charge in [-0.05, 0) is 36.1 Å². The molecule has 0 unspecified atom stereocenters. The summed E-state index contributed by atoms with van der Waals surface area (Å²) in [6, 6.07) is 11.5. The van der Waals surface area contributed by atoms with E-state index < -0.39 is 23.4 Å². The number of nitrogens with one attached hydrogen (secondary N) is 2. The molecule has 8 heteroatoms. The Morgan fingerprint density at radius 2 is 1.86 bits per heavy atom. The number of aliphatic hydroxyl groups is 2. The van der Waals surface area contributed by atoms with Gasteiger partial charge in [-0.15, -0.1) is 0 Å². The summed E-state index contributed by atoms with van der Waals surface area (Å²) in [5.41, 5.74) is -0.753. The van der Waals surface area contributed by atoms with E-state index in [1.807, 2.05) is 0 Å². The summed E-state index contributed by atoms with van der Waals surface area (Å²) in [5.74, 6) is 0. The maximum atomic E-state index is 13.3. The van der Waals surface area contributed by atoms with Gasteiger partial charge < -0.3 is 20.5 Å². The van der Waals surface area contributed by atoms with Crippen LogP contribution >= 0.6 is 0 Å². The number of anilines is 1. The van der Waals surface area contributed by atoms with Gasteiger partial charge >= 0.3 is 6.18 Å². The third kappa shape index (κ3) is 4.35. The van der Waals surface area contributed by atoms with E-state index in [9.17, 15) is 23.1 Å². The average Bonchev–Trinajstić information content (AvgIpc) is 2.66. The number of pyridine rings is 1. The molecule has 0 bridgehead atoms. The molecule has 0 saturated heterocycles. The number of benzene rings is 2. The summed E-state index contributed by atoms with van der Waals surface area (Å²) in [4.78, 5) is 15.0. The van der Waals surface area contributed by atoms with E-state index in [-0.39, 0.29) is 30.8 Å². The third-order valence-corrected chi connectivity index (χ3v) is 4.37. The molecule has 0 aliphatic rings. The quantitative estimate of drug-likeness (QED) is 0.518. The number of halogens is 3. The number of H-pyrrole nitrogens is 1. The molecule has 148 valence electrons. The zero-order chi connectivity index (χ0) is 20.3. The van der Waals surface area contributed by atoms with Crippen LogP contribution < -0.4 is 10.9 Å². The topological polar surface area (TPSA) is 85.4 Å². The number of alkyl halides is 3. The summed E-state index contributed by atoms with van der Waals surface area (Å²) in [7, 11) is 0. The van der Waals surface area contributed by atoms with Crippen molar-refractivity contribution in [3.05, 3.63) is 64.4 Å². The molecule has 3 aromatic rings. The molecule has 0 aliphatic carbocycles. The number of fused-ring (bicyclic) bond motifs is 1. The number of hydrogen-bond acceptors (Lipinski definition) is 4. The van der Waals surface area contributed by atoms with E-state index in [0.717, 1.165) is 6.07 Å². The fourth-order valence-electron chi connectivity index (χ4n) is 2.97. The van der Waals surface area contributed by atoms with E-state index >= 15 is 0 Å². The Morgan fingerprint density at radius 1 is 1.11 bits per heavy atom. The van der Waals surface area contributed by atoms with Crippen molar-refractivity contribution >= 4 is 16.5 Å². The lowest BCUT2D eigenvalue weighted by atomic mass is 10.0. The zero-order valence-corrected chi connectivity index (χ0v) is 14.8. The first-order chi connectivity index (χ1) is 13.3. The Hall–Kier alpha value is -2.84. The lowest BCUT2D eigenvalue weighted by Crippen LogP contribution is -2.20. The minimum Gasteiger partial charge on any atom is -0.396 e. The highest BCUT2D eigenvalue weighted by atomic mass is 19.4. The molecular weight excluding hydrogens is 373 g/mol. The van der Waals surface area contributed by atoms with Gasteiger partial charge in [0.1, 0.15) is 0 Å². The molecule has 1 heterocycles. The highest BCUT2D eigenvalue weighted by Gasteiger charge is 2.33. The largest absolute Gasteiger partial charge is 0.417 e. The summed E-state index contributed by atoms with van der Waals surface area (Å²) in [6.45, 7) is 0.0590. The number of rotatable bonds is 6. The lowest BCUT2D eigenvalue weighted by molar-refractivity contribution is -0.137. The van der Waals surface area contributed by atoms with Crippen LogP contribution in [-0.2, 0) is 6.18 Å². The van der Waals surface area contributed by atoms with E-state index in [2.05, 4.69) is 10.3 Å². The van der Waals surface area contributed by atoms with Crippen molar-refractivity contribution in [1.29, 1.82) is 0 Å². The highest BCUT2D eigenvalue weighted by molar-refractivity contribution is 5.88. The third-order valence-electron chi connectivity index (χ3n) is 4.37. The molecule has 0 amide bonds. The molecule has 3 rings (SSSR count). The van der Waals surface area contributed by atoms with Crippen molar-refractivity contribution < 1.29 is 23.4 Å². The molecular formula is C20H19F3N2O3. The van der Waals surface area contributed by atoms with Crippen LogP contribution in [0.2, 0.25) is 0 Å². The van der Waals surface area contributed by atoms with Crippen LogP contribution in [0.15, 0.2) is 53.3 Å². The number of aromatic amines is 1. The normalized spacial score (nSPS) is 12.9. The highest BCUT2D eigenvalue weighted by Crippen LogP contribution is 2.36. The maximum absolute atomic E-state index is 13.3. The minimum absolute atomic E-state index is 0.0875. The molecule has 1 atom stereocenters. The van der Waals surface area contributed by atoms with Gasteiger partial charge in [-0.3, -0.25) is 4.79 Å². The van der Waals surface area contributed by atoms with Crippen molar-refractivity contribution in [2.45, 2.75) is 18.7 Å². The molecule has 28 heavy (non-hydrogen) atoms. The van der Waals surface area contributed by atoms with E-state index in [1.54, 1.807) is 18.2 Å². The van der Waals surface area contributed by atoms with Gasteiger partial charge in [0.2, 0.25) is 0 Å². The van der Waals surface area contributed by atoms with E-state index in [4.69, 9.17) is 5.11 Å².